The number of esters is 1. The number of thioether (sulfide) groups is 1. The molecule has 0 spiro atoms. The van der Waals surface area contributed by atoms with Crippen molar-refractivity contribution in [1.29, 1.82) is 0 Å². The maximum Gasteiger partial charge on any atom is 0.341 e. The molecule has 1 aliphatic rings. The monoisotopic (exact) mass is 397 g/mol. The third kappa shape index (κ3) is 4.39. The van der Waals surface area contributed by atoms with Crippen LogP contribution in [0.2, 0.25) is 0 Å². The number of hydrogen-bond donors (Lipinski definition) is 1. The second-order valence-electron chi connectivity index (χ2n) is 5.56. The molecule has 2 heterocycles. The molecule has 0 atom stereocenters. The lowest BCUT2D eigenvalue weighted by atomic mass is 9.95. The summed E-state index contributed by atoms with van der Waals surface area (Å²) in [6.07, 6.45) is 4.01. The number of carbonyl (C=O) groups is 2. The summed E-state index contributed by atoms with van der Waals surface area (Å²) in [7, 11) is 0. The highest BCUT2D eigenvalue weighted by Crippen LogP contribution is 2.38. The van der Waals surface area contributed by atoms with Crippen LogP contribution in [0.3, 0.4) is 0 Å². The number of nitrogens with zero attached hydrogens (tertiary/aromatic N) is 2. The van der Waals surface area contributed by atoms with Gasteiger partial charge >= 0.3 is 5.97 Å². The van der Waals surface area contributed by atoms with E-state index >= 15 is 0 Å². The average Bonchev–Trinajstić information content (AvgIpc) is 3.16. The lowest BCUT2D eigenvalue weighted by Gasteiger charge is -2.12. The lowest BCUT2D eigenvalue weighted by Crippen LogP contribution is -2.17. The van der Waals surface area contributed by atoms with Crippen molar-refractivity contribution in [2.45, 2.75) is 43.9 Å². The van der Waals surface area contributed by atoms with Crippen molar-refractivity contribution in [2.24, 2.45) is 0 Å². The maximum atomic E-state index is 12.4. The van der Waals surface area contributed by atoms with Gasteiger partial charge in [-0.25, -0.2) is 4.79 Å². The van der Waals surface area contributed by atoms with Gasteiger partial charge in [0.05, 0.1) is 17.9 Å². The highest BCUT2D eigenvalue weighted by atomic mass is 32.2. The molecule has 0 aliphatic heterocycles. The van der Waals surface area contributed by atoms with Gasteiger partial charge in [0, 0.05) is 4.88 Å². The normalized spacial score (nSPS) is 13.4. The van der Waals surface area contributed by atoms with E-state index in [1.165, 1.54) is 39.3 Å². The van der Waals surface area contributed by atoms with E-state index in [9.17, 15) is 9.59 Å². The molecule has 9 heteroatoms. The van der Waals surface area contributed by atoms with E-state index in [1.807, 2.05) is 6.92 Å². The first-order valence-electron chi connectivity index (χ1n) is 8.13. The van der Waals surface area contributed by atoms with Crippen LogP contribution in [0.1, 0.15) is 45.6 Å². The van der Waals surface area contributed by atoms with Gasteiger partial charge in [0.15, 0.2) is 4.34 Å². The van der Waals surface area contributed by atoms with E-state index in [4.69, 9.17) is 4.74 Å². The Balaban J connectivity index is 1.73. The highest BCUT2D eigenvalue weighted by Gasteiger charge is 2.27. The summed E-state index contributed by atoms with van der Waals surface area (Å²) >= 11 is 4.31. The van der Waals surface area contributed by atoms with E-state index < -0.39 is 0 Å². The number of anilines is 1. The standard InChI is InChI=1S/C16H19N3O3S3/c1-3-22-15(21)13-10-6-4-5-7-11(10)25-14(13)17-12(20)8-23-16-19-18-9(2)24-16/h3-8H2,1-2H3,(H,17,20). The molecule has 0 bridgehead atoms. The zero-order chi connectivity index (χ0) is 17.8. The number of thiophene rings is 1. The van der Waals surface area contributed by atoms with Crippen molar-refractivity contribution in [3.05, 3.63) is 21.0 Å². The first-order valence-corrected chi connectivity index (χ1v) is 10.7. The van der Waals surface area contributed by atoms with Crippen LogP contribution in [0.15, 0.2) is 4.34 Å². The number of rotatable bonds is 6. The summed E-state index contributed by atoms with van der Waals surface area (Å²) in [5.41, 5.74) is 1.60. The minimum absolute atomic E-state index is 0.151. The largest absolute Gasteiger partial charge is 0.462 e. The topological polar surface area (TPSA) is 81.2 Å². The van der Waals surface area contributed by atoms with Crippen molar-refractivity contribution >= 4 is 51.3 Å². The second-order valence-corrected chi connectivity index (χ2v) is 9.07. The summed E-state index contributed by atoms with van der Waals surface area (Å²) in [5, 5.41) is 12.3. The Morgan fingerprint density at radius 3 is 2.76 bits per heavy atom. The van der Waals surface area contributed by atoms with Crippen molar-refractivity contribution in [1.82, 2.24) is 10.2 Å². The average molecular weight is 398 g/mol. The SMILES string of the molecule is CCOC(=O)c1c(NC(=O)CSc2nnc(C)s2)sc2c1CCCC2. The number of aromatic nitrogens is 2. The fourth-order valence-electron chi connectivity index (χ4n) is 2.70. The van der Waals surface area contributed by atoms with Gasteiger partial charge in [0.1, 0.15) is 10.0 Å². The lowest BCUT2D eigenvalue weighted by molar-refractivity contribution is -0.113. The van der Waals surface area contributed by atoms with Gasteiger partial charge in [-0.05, 0) is 45.1 Å². The zero-order valence-corrected chi connectivity index (χ0v) is 16.5. The van der Waals surface area contributed by atoms with Crippen LogP contribution in [-0.4, -0.2) is 34.4 Å². The van der Waals surface area contributed by atoms with Crippen molar-refractivity contribution < 1.29 is 14.3 Å². The fraction of sp³-hybridized carbons (Fsp3) is 0.500. The number of ether oxygens (including phenoxy) is 1. The quantitative estimate of drug-likeness (QED) is 0.591. The molecule has 134 valence electrons. The number of fused-ring (bicyclic) bond motifs is 1. The first-order chi connectivity index (χ1) is 12.1. The molecular formula is C16H19N3O3S3. The third-order valence-corrected chi connectivity index (χ3v) is 6.92. The Morgan fingerprint density at radius 2 is 2.04 bits per heavy atom. The molecule has 3 rings (SSSR count). The molecule has 0 saturated carbocycles. The number of amides is 1. The van der Waals surface area contributed by atoms with E-state index in [-0.39, 0.29) is 17.6 Å². The van der Waals surface area contributed by atoms with Gasteiger partial charge in [-0.1, -0.05) is 23.1 Å². The molecule has 2 aromatic heterocycles. The van der Waals surface area contributed by atoms with E-state index in [0.717, 1.165) is 40.6 Å². The Bertz CT molecular complexity index is 785. The fourth-order valence-corrected chi connectivity index (χ4v) is 5.61. The van der Waals surface area contributed by atoms with Crippen LogP contribution in [0, 0.1) is 6.92 Å². The van der Waals surface area contributed by atoms with Gasteiger partial charge in [0.25, 0.3) is 0 Å². The molecule has 25 heavy (non-hydrogen) atoms. The summed E-state index contributed by atoms with van der Waals surface area (Å²) < 4.78 is 5.97. The van der Waals surface area contributed by atoms with Gasteiger partial charge in [-0.15, -0.1) is 21.5 Å². The number of carbonyl (C=O) groups excluding carboxylic acids is 2. The summed E-state index contributed by atoms with van der Waals surface area (Å²) in [6, 6.07) is 0. The Hall–Kier alpha value is -1.45. The molecule has 0 fully saturated rings. The number of hydrogen-bond acceptors (Lipinski definition) is 8. The number of nitrogens with one attached hydrogen (secondary N) is 1. The molecular weight excluding hydrogens is 378 g/mol. The van der Waals surface area contributed by atoms with Crippen LogP contribution in [0.5, 0.6) is 0 Å². The van der Waals surface area contributed by atoms with Crippen LogP contribution < -0.4 is 5.32 Å². The van der Waals surface area contributed by atoms with Crippen LogP contribution in [-0.2, 0) is 22.4 Å². The van der Waals surface area contributed by atoms with Gasteiger partial charge in [0.2, 0.25) is 5.91 Å². The van der Waals surface area contributed by atoms with Crippen molar-refractivity contribution in [3.8, 4) is 0 Å². The molecule has 0 aromatic carbocycles. The molecule has 1 aliphatic carbocycles. The maximum absolute atomic E-state index is 12.4. The summed E-state index contributed by atoms with van der Waals surface area (Å²) in [5.74, 6) is -0.258. The molecule has 0 unspecified atom stereocenters. The second kappa shape index (κ2) is 8.29. The number of aryl methyl sites for hydroxylation is 2. The smallest absolute Gasteiger partial charge is 0.341 e. The molecule has 0 saturated heterocycles. The van der Waals surface area contributed by atoms with E-state index in [0.29, 0.717) is 17.2 Å². The van der Waals surface area contributed by atoms with Crippen molar-refractivity contribution in [2.75, 3.05) is 17.7 Å². The molecule has 2 aromatic rings. The summed E-state index contributed by atoms with van der Waals surface area (Å²) in [4.78, 5) is 25.9. The van der Waals surface area contributed by atoms with Crippen LogP contribution in [0.4, 0.5) is 5.00 Å². The van der Waals surface area contributed by atoms with Gasteiger partial charge in [-0.2, -0.15) is 0 Å². The molecule has 1 amide bonds. The van der Waals surface area contributed by atoms with Crippen molar-refractivity contribution in [3.63, 3.8) is 0 Å². The molecule has 6 nitrogen and oxygen atoms in total. The molecule has 1 N–H and O–H groups in total. The summed E-state index contributed by atoms with van der Waals surface area (Å²) in [6.45, 7) is 3.99. The minimum atomic E-state index is -0.343. The minimum Gasteiger partial charge on any atom is -0.462 e. The Kier molecular flexibility index (Phi) is 6.08. The third-order valence-electron chi connectivity index (χ3n) is 3.74. The molecule has 0 radical (unpaired) electrons. The Labute approximate surface area is 158 Å². The highest BCUT2D eigenvalue weighted by molar-refractivity contribution is 8.01. The van der Waals surface area contributed by atoms with Crippen LogP contribution >= 0.6 is 34.4 Å². The van der Waals surface area contributed by atoms with Crippen LogP contribution in [0.25, 0.3) is 0 Å². The predicted molar refractivity (Wildman–Crippen MR) is 101 cm³/mol. The zero-order valence-electron chi connectivity index (χ0n) is 14.1. The van der Waals surface area contributed by atoms with E-state index in [1.54, 1.807) is 6.92 Å². The Morgan fingerprint density at radius 1 is 1.24 bits per heavy atom. The van der Waals surface area contributed by atoms with Gasteiger partial charge < -0.3 is 10.1 Å². The van der Waals surface area contributed by atoms with Gasteiger partial charge in [-0.3, -0.25) is 4.79 Å². The predicted octanol–water partition coefficient (Wildman–Crippen LogP) is 3.69. The van der Waals surface area contributed by atoms with E-state index in [2.05, 4.69) is 15.5 Å². The first kappa shape index (κ1) is 18.3.